The molecule has 21 heavy (non-hydrogen) atoms. The van der Waals surface area contributed by atoms with E-state index in [0.717, 1.165) is 32.0 Å². The largest absolute Gasteiger partial charge is 0.490 e. The van der Waals surface area contributed by atoms with Gasteiger partial charge in [0.1, 0.15) is 0 Å². The number of anilines is 1. The van der Waals surface area contributed by atoms with Crippen molar-refractivity contribution in [3.05, 3.63) is 28.1 Å². The molecule has 1 fully saturated rings. The second kappa shape index (κ2) is 6.71. The molecule has 0 saturated carbocycles. The van der Waals surface area contributed by atoms with Gasteiger partial charge < -0.3 is 15.0 Å². The Labute approximate surface area is 123 Å². The van der Waals surface area contributed by atoms with Gasteiger partial charge in [0, 0.05) is 19.2 Å². The zero-order valence-electron chi connectivity index (χ0n) is 12.3. The molecule has 7 heteroatoms. The van der Waals surface area contributed by atoms with Gasteiger partial charge in [0.2, 0.25) is 0 Å². The molecule has 116 valence electrons. The highest BCUT2D eigenvalue weighted by atomic mass is 19.1. The molecule has 0 bridgehead atoms. The molecule has 1 aromatic carbocycles. The Morgan fingerprint density at radius 3 is 2.95 bits per heavy atom. The van der Waals surface area contributed by atoms with Crippen LogP contribution in [-0.2, 0) is 0 Å². The van der Waals surface area contributed by atoms with Gasteiger partial charge in [0.15, 0.2) is 11.6 Å². The third-order valence-electron chi connectivity index (χ3n) is 3.77. The maximum atomic E-state index is 13.9. The number of nitrogens with zero attached hydrogens (tertiary/aromatic N) is 2. The number of hydrogen-bond acceptors (Lipinski definition) is 5. The molecule has 1 unspecified atom stereocenters. The number of piperidine rings is 1. The smallest absolute Gasteiger partial charge is 0.313 e. The molecule has 1 heterocycles. The first-order valence-corrected chi connectivity index (χ1v) is 6.95. The van der Waals surface area contributed by atoms with Gasteiger partial charge in [-0.3, -0.25) is 10.1 Å². The molecule has 0 aromatic heterocycles. The Balaban J connectivity index is 2.07. The quantitative estimate of drug-likeness (QED) is 0.668. The Bertz CT molecular complexity index is 524. The second-order valence-corrected chi connectivity index (χ2v) is 5.41. The molecule has 1 aromatic rings. The number of nitrogens with one attached hydrogen (secondary N) is 1. The van der Waals surface area contributed by atoms with E-state index in [-0.39, 0.29) is 17.1 Å². The minimum absolute atomic E-state index is 0.0599. The van der Waals surface area contributed by atoms with Gasteiger partial charge in [-0.15, -0.1) is 0 Å². The SMILES string of the molecule is COc1cc(NCC2CCCN(C)C2)c(F)cc1[N+](=O)[O-]. The molecular formula is C14H20FN3O3. The van der Waals surface area contributed by atoms with Crippen LogP contribution in [0, 0.1) is 21.8 Å². The summed E-state index contributed by atoms with van der Waals surface area (Å²) >= 11 is 0. The molecule has 1 aliphatic heterocycles. The van der Waals surface area contributed by atoms with Crippen molar-refractivity contribution in [1.82, 2.24) is 4.90 Å². The van der Waals surface area contributed by atoms with E-state index in [4.69, 9.17) is 4.74 Å². The fourth-order valence-electron chi connectivity index (χ4n) is 2.68. The number of likely N-dealkylation sites (tertiary alicyclic amines) is 1. The van der Waals surface area contributed by atoms with Crippen molar-refractivity contribution in [2.24, 2.45) is 5.92 Å². The Hall–Kier alpha value is -1.89. The number of ether oxygens (including phenoxy) is 1. The van der Waals surface area contributed by atoms with Gasteiger partial charge in [0.25, 0.3) is 0 Å². The second-order valence-electron chi connectivity index (χ2n) is 5.41. The predicted octanol–water partition coefficient (Wildman–Crippen LogP) is 2.50. The summed E-state index contributed by atoms with van der Waals surface area (Å²) in [5.41, 5.74) is -0.122. The Morgan fingerprint density at radius 1 is 1.57 bits per heavy atom. The van der Waals surface area contributed by atoms with Crippen molar-refractivity contribution in [2.75, 3.05) is 39.1 Å². The van der Waals surface area contributed by atoms with Crippen molar-refractivity contribution >= 4 is 11.4 Å². The van der Waals surface area contributed by atoms with Crippen LogP contribution >= 0.6 is 0 Å². The van der Waals surface area contributed by atoms with Crippen LogP contribution in [0.4, 0.5) is 15.8 Å². The van der Waals surface area contributed by atoms with Crippen molar-refractivity contribution in [2.45, 2.75) is 12.8 Å². The zero-order chi connectivity index (χ0) is 15.4. The third-order valence-corrected chi connectivity index (χ3v) is 3.77. The topological polar surface area (TPSA) is 67.6 Å². The minimum Gasteiger partial charge on any atom is -0.490 e. The first-order valence-electron chi connectivity index (χ1n) is 6.95. The molecule has 0 radical (unpaired) electrons. The van der Waals surface area contributed by atoms with E-state index < -0.39 is 10.7 Å². The van der Waals surface area contributed by atoms with Gasteiger partial charge in [0.05, 0.1) is 23.8 Å². The average molecular weight is 297 g/mol. The minimum atomic E-state index is -0.651. The van der Waals surface area contributed by atoms with Crippen LogP contribution in [0.2, 0.25) is 0 Å². The normalized spacial score (nSPS) is 19.3. The lowest BCUT2D eigenvalue weighted by atomic mass is 9.98. The monoisotopic (exact) mass is 297 g/mol. The summed E-state index contributed by atoms with van der Waals surface area (Å²) in [4.78, 5) is 12.4. The number of hydrogen-bond donors (Lipinski definition) is 1. The van der Waals surface area contributed by atoms with E-state index in [1.165, 1.54) is 13.2 Å². The summed E-state index contributed by atoms with van der Waals surface area (Å²) in [6.07, 6.45) is 2.23. The summed E-state index contributed by atoms with van der Waals surface area (Å²) in [7, 11) is 3.40. The molecule has 1 saturated heterocycles. The molecule has 6 nitrogen and oxygen atoms in total. The standard InChI is InChI=1S/C14H20FN3O3/c1-17-5-3-4-10(9-17)8-16-12-7-14(21-2)13(18(19)20)6-11(12)15/h6-7,10,16H,3-5,8-9H2,1-2H3. The molecule has 1 atom stereocenters. The summed E-state index contributed by atoms with van der Waals surface area (Å²) < 4.78 is 18.9. The number of benzene rings is 1. The first kappa shape index (κ1) is 15.5. The Morgan fingerprint density at radius 2 is 2.33 bits per heavy atom. The van der Waals surface area contributed by atoms with Crippen LogP contribution in [0.5, 0.6) is 5.75 Å². The van der Waals surface area contributed by atoms with Crippen LogP contribution in [0.25, 0.3) is 0 Å². The zero-order valence-corrected chi connectivity index (χ0v) is 12.3. The van der Waals surface area contributed by atoms with E-state index in [9.17, 15) is 14.5 Å². The van der Waals surface area contributed by atoms with Crippen LogP contribution in [0.15, 0.2) is 12.1 Å². The molecule has 2 rings (SSSR count). The van der Waals surface area contributed by atoms with E-state index in [2.05, 4.69) is 17.3 Å². The maximum Gasteiger partial charge on any atom is 0.313 e. The van der Waals surface area contributed by atoms with E-state index in [1.807, 2.05) is 0 Å². The highest BCUT2D eigenvalue weighted by Gasteiger charge is 2.21. The number of rotatable bonds is 5. The van der Waals surface area contributed by atoms with Crippen LogP contribution < -0.4 is 10.1 Å². The van der Waals surface area contributed by atoms with Crippen molar-refractivity contribution in [3.8, 4) is 5.75 Å². The van der Waals surface area contributed by atoms with Crippen molar-refractivity contribution in [1.29, 1.82) is 0 Å². The summed E-state index contributed by atoms with van der Waals surface area (Å²) in [5.74, 6) is -0.124. The number of nitro groups is 1. The molecular weight excluding hydrogens is 277 g/mol. The van der Waals surface area contributed by atoms with Gasteiger partial charge in [-0.1, -0.05) is 0 Å². The van der Waals surface area contributed by atoms with Crippen LogP contribution in [-0.4, -0.2) is 43.6 Å². The average Bonchev–Trinajstić information content (AvgIpc) is 2.45. The molecule has 0 spiro atoms. The third kappa shape index (κ3) is 3.81. The van der Waals surface area contributed by atoms with Gasteiger partial charge in [-0.05, 0) is 32.4 Å². The Kier molecular flexibility index (Phi) is 4.95. The lowest BCUT2D eigenvalue weighted by Gasteiger charge is -2.30. The highest BCUT2D eigenvalue weighted by molar-refractivity contribution is 5.59. The van der Waals surface area contributed by atoms with Gasteiger partial charge in [-0.2, -0.15) is 0 Å². The van der Waals surface area contributed by atoms with Crippen LogP contribution in [0.3, 0.4) is 0 Å². The van der Waals surface area contributed by atoms with Gasteiger partial charge >= 0.3 is 5.69 Å². The number of methoxy groups -OCH3 is 1. The molecule has 1 aliphatic rings. The molecule has 1 N–H and O–H groups in total. The lowest BCUT2D eigenvalue weighted by Crippen LogP contribution is -2.35. The summed E-state index contributed by atoms with van der Waals surface area (Å²) in [6.45, 7) is 2.71. The maximum absolute atomic E-state index is 13.9. The summed E-state index contributed by atoms with van der Waals surface area (Å²) in [5, 5.41) is 13.9. The van der Waals surface area contributed by atoms with Crippen molar-refractivity contribution < 1.29 is 14.1 Å². The van der Waals surface area contributed by atoms with Gasteiger partial charge in [-0.25, -0.2) is 4.39 Å². The number of nitro benzene ring substituents is 1. The first-order chi connectivity index (χ1) is 10.0. The van der Waals surface area contributed by atoms with E-state index >= 15 is 0 Å². The van der Waals surface area contributed by atoms with Crippen molar-refractivity contribution in [3.63, 3.8) is 0 Å². The fourth-order valence-corrected chi connectivity index (χ4v) is 2.68. The fraction of sp³-hybridized carbons (Fsp3) is 0.571. The summed E-state index contributed by atoms with van der Waals surface area (Å²) in [6, 6.07) is 2.24. The van der Waals surface area contributed by atoms with Crippen LogP contribution in [0.1, 0.15) is 12.8 Å². The lowest BCUT2D eigenvalue weighted by molar-refractivity contribution is -0.385. The molecule has 0 aliphatic carbocycles. The predicted molar refractivity (Wildman–Crippen MR) is 78.3 cm³/mol. The van der Waals surface area contributed by atoms with E-state index in [0.29, 0.717) is 12.5 Å². The number of halogens is 1. The highest BCUT2D eigenvalue weighted by Crippen LogP contribution is 2.32. The van der Waals surface area contributed by atoms with E-state index in [1.54, 1.807) is 0 Å². The molecule has 0 amide bonds.